The van der Waals surface area contributed by atoms with Gasteiger partial charge in [0.25, 0.3) is 0 Å². The summed E-state index contributed by atoms with van der Waals surface area (Å²) in [7, 11) is 0. The molecule has 3 nitrogen and oxygen atoms in total. The van der Waals surface area contributed by atoms with Crippen molar-refractivity contribution in [1.29, 1.82) is 10.5 Å². The highest BCUT2D eigenvalue weighted by molar-refractivity contribution is 8.00. The van der Waals surface area contributed by atoms with Crippen LogP contribution >= 0.6 is 11.8 Å². The van der Waals surface area contributed by atoms with E-state index in [4.69, 9.17) is 10.5 Å². The number of hydrogen-bond donors (Lipinski definition) is 1. The normalized spacial score (nSPS) is 32.2. The maximum Gasteiger partial charge on any atom is 0.121 e. The van der Waals surface area contributed by atoms with Gasteiger partial charge in [-0.25, -0.2) is 0 Å². The van der Waals surface area contributed by atoms with Gasteiger partial charge in [-0.2, -0.15) is 10.5 Å². The first-order valence-corrected chi connectivity index (χ1v) is 4.07. The van der Waals surface area contributed by atoms with E-state index in [-0.39, 0.29) is 11.3 Å². The smallest absolute Gasteiger partial charge is 0.121 e. The fraction of sp³-hybridized carbons (Fsp3) is 0.667. The molecule has 2 atom stereocenters. The van der Waals surface area contributed by atoms with Crippen LogP contribution in [0, 0.1) is 22.7 Å². The number of nitriles is 2. The average molecular weight is 153 g/mol. The van der Waals surface area contributed by atoms with Crippen LogP contribution in [0.4, 0.5) is 0 Å². The Morgan fingerprint density at radius 3 is 2.70 bits per heavy atom. The molecule has 1 heterocycles. The molecule has 0 spiro atoms. The van der Waals surface area contributed by atoms with E-state index in [1.165, 1.54) is 0 Å². The van der Waals surface area contributed by atoms with E-state index >= 15 is 0 Å². The van der Waals surface area contributed by atoms with Crippen molar-refractivity contribution in [2.24, 2.45) is 0 Å². The van der Waals surface area contributed by atoms with Gasteiger partial charge < -0.3 is 0 Å². The standard InChI is InChI=1S/C6H7N3S/c7-3-5-6(4-8)10-2-1-9-5/h5-6,9H,1-2H2. The number of nitrogens with zero attached hydrogens (tertiary/aromatic N) is 2. The van der Waals surface area contributed by atoms with Crippen LogP contribution in [0.5, 0.6) is 0 Å². The Hall–Kier alpha value is -0.710. The molecule has 10 heavy (non-hydrogen) atoms. The van der Waals surface area contributed by atoms with Crippen LogP contribution in [-0.4, -0.2) is 23.6 Å². The lowest BCUT2D eigenvalue weighted by Crippen LogP contribution is -2.42. The first kappa shape index (κ1) is 7.40. The van der Waals surface area contributed by atoms with E-state index in [0.29, 0.717) is 0 Å². The van der Waals surface area contributed by atoms with Gasteiger partial charge in [0.05, 0.1) is 12.1 Å². The fourth-order valence-electron chi connectivity index (χ4n) is 0.829. The van der Waals surface area contributed by atoms with Crippen molar-refractivity contribution >= 4 is 11.8 Å². The highest BCUT2D eigenvalue weighted by Gasteiger charge is 2.24. The molecule has 0 aliphatic carbocycles. The van der Waals surface area contributed by atoms with Crippen LogP contribution in [0.2, 0.25) is 0 Å². The Morgan fingerprint density at radius 1 is 1.40 bits per heavy atom. The minimum Gasteiger partial charge on any atom is -0.299 e. The second kappa shape index (κ2) is 3.46. The molecule has 1 rings (SSSR count). The third kappa shape index (κ3) is 1.41. The molecule has 1 aliphatic heterocycles. The van der Waals surface area contributed by atoms with Crippen molar-refractivity contribution in [3.05, 3.63) is 0 Å². The zero-order chi connectivity index (χ0) is 7.40. The van der Waals surface area contributed by atoms with E-state index in [1.807, 2.05) is 0 Å². The minimum absolute atomic E-state index is 0.182. The Kier molecular flexibility index (Phi) is 2.56. The molecule has 2 unspecified atom stereocenters. The lowest BCUT2D eigenvalue weighted by Gasteiger charge is -2.21. The van der Waals surface area contributed by atoms with Gasteiger partial charge in [0, 0.05) is 12.3 Å². The monoisotopic (exact) mass is 153 g/mol. The maximum absolute atomic E-state index is 8.53. The highest BCUT2D eigenvalue weighted by Crippen LogP contribution is 2.16. The van der Waals surface area contributed by atoms with Gasteiger partial charge in [-0.15, -0.1) is 11.8 Å². The van der Waals surface area contributed by atoms with Crippen LogP contribution < -0.4 is 5.32 Å². The van der Waals surface area contributed by atoms with Crippen LogP contribution in [0.3, 0.4) is 0 Å². The van der Waals surface area contributed by atoms with Crippen molar-refractivity contribution in [2.75, 3.05) is 12.3 Å². The van der Waals surface area contributed by atoms with E-state index in [2.05, 4.69) is 17.5 Å². The molecule has 0 aromatic rings. The largest absolute Gasteiger partial charge is 0.299 e. The summed E-state index contributed by atoms with van der Waals surface area (Å²) in [6, 6.07) is 3.86. The molecule has 0 aromatic carbocycles. The second-order valence-electron chi connectivity index (χ2n) is 1.98. The molecular weight excluding hydrogens is 146 g/mol. The molecule has 4 heteroatoms. The molecule has 1 saturated heterocycles. The zero-order valence-electron chi connectivity index (χ0n) is 5.37. The lowest BCUT2D eigenvalue weighted by atomic mass is 10.2. The Balaban J connectivity index is 2.54. The van der Waals surface area contributed by atoms with Gasteiger partial charge in [-0.3, -0.25) is 5.32 Å². The first-order chi connectivity index (χ1) is 4.88. The van der Waals surface area contributed by atoms with Gasteiger partial charge in [0.15, 0.2) is 0 Å². The maximum atomic E-state index is 8.53. The zero-order valence-corrected chi connectivity index (χ0v) is 6.19. The summed E-state index contributed by atoms with van der Waals surface area (Å²) in [4.78, 5) is 0. The number of nitrogens with one attached hydrogen (secondary N) is 1. The van der Waals surface area contributed by atoms with Gasteiger partial charge in [0.1, 0.15) is 11.3 Å². The summed E-state index contributed by atoms with van der Waals surface area (Å²) in [5, 5.41) is 19.8. The quantitative estimate of drug-likeness (QED) is 0.536. The van der Waals surface area contributed by atoms with Gasteiger partial charge >= 0.3 is 0 Å². The molecule has 0 amide bonds. The Morgan fingerprint density at radius 2 is 2.20 bits per heavy atom. The van der Waals surface area contributed by atoms with Crippen molar-refractivity contribution in [2.45, 2.75) is 11.3 Å². The van der Waals surface area contributed by atoms with Crippen molar-refractivity contribution in [3.8, 4) is 12.1 Å². The topological polar surface area (TPSA) is 59.6 Å². The molecule has 1 fully saturated rings. The summed E-state index contributed by atoms with van der Waals surface area (Å²) in [5.41, 5.74) is 0. The summed E-state index contributed by atoms with van der Waals surface area (Å²) in [5.74, 6) is 0.927. The lowest BCUT2D eigenvalue weighted by molar-refractivity contribution is 0.630. The average Bonchev–Trinajstić information content (AvgIpc) is 2.04. The first-order valence-electron chi connectivity index (χ1n) is 3.02. The Labute approximate surface area is 64.0 Å². The molecule has 1 aliphatic rings. The predicted octanol–water partition coefficient (Wildman–Crippen LogP) is 0.107. The van der Waals surface area contributed by atoms with Gasteiger partial charge in [-0.1, -0.05) is 0 Å². The van der Waals surface area contributed by atoms with E-state index in [9.17, 15) is 0 Å². The summed E-state index contributed by atoms with van der Waals surface area (Å²) < 4.78 is 0. The number of thioether (sulfide) groups is 1. The fourth-order valence-corrected chi connectivity index (χ4v) is 1.74. The molecule has 0 aromatic heterocycles. The molecule has 52 valence electrons. The van der Waals surface area contributed by atoms with E-state index in [1.54, 1.807) is 11.8 Å². The third-order valence-electron chi connectivity index (χ3n) is 1.33. The van der Waals surface area contributed by atoms with Gasteiger partial charge in [-0.05, 0) is 0 Å². The van der Waals surface area contributed by atoms with Crippen LogP contribution in [0.1, 0.15) is 0 Å². The molecular formula is C6H7N3S. The Bertz CT molecular complexity index is 168. The SMILES string of the molecule is N#CC1NCCSC1C#N. The van der Waals surface area contributed by atoms with Crippen molar-refractivity contribution in [1.82, 2.24) is 5.32 Å². The van der Waals surface area contributed by atoms with Crippen LogP contribution in [0.15, 0.2) is 0 Å². The molecule has 0 bridgehead atoms. The molecule has 0 saturated carbocycles. The number of hydrogen-bond acceptors (Lipinski definition) is 4. The molecule has 1 N–H and O–H groups in total. The number of rotatable bonds is 0. The van der Waals surface area contributed by atoms with Crippen molar-refractivity contribution in [3.63, 3.8) is 0 Å². The second-order valence-corrected chi connectivity index (χ2v) is 3.23. The van der Waals surface area contributed by atoms with Gasteiger partial charge in [0.2, 0.25) is 0 Å². The van der Waals surface area contributed by atoms with Crippen molar-refractivity contribution < 1.29 is 0 Å². The minimum atomic E-state index is -0.274. The molecule has 0 radical (unpaired) electrons. The summed E-state index contributed by atoms with van der Waals surface area (Å²) >= 11 is 1.55. The predicted molar refractivity (Wildman–Crippen MR) is 39.3 cm³/mol. The third-order valence-corrected chi connectivity index (χ3v) is 2.51. The highest BCUT2D eigenvalue weighted by atomic mass is 32.2. The van der Waals surface area contributed by atoms with E-state index in [0.717, 1.165) is 12.3 Å². The van der Waals surface area contributed by atoms with Crippen LogP contribution in [0.25, 0.3) is 0 Å². The van der Waals surface area contributed by atoms with Crippen LogP contribution in [-0.2, 0) is 0 Å². The summed E-state index contributed by atoms with van der Waals surface area (Å²) in [6.07, 6.45) is 0. The van der Waals surface area contributed by atoms with E-state index < -0.39 is 0 Å². The summed E-state index contributed by atoms with van der Waals surface area (Å²) in [6.45, 7) is 0.834.